The van der Waals surface area contributed by atoms with Crippen molar-refractivity contribution in [1.29, 1.82) is 0 Å². The van der Waals surface area contributed by atoms with Gasteiger partial charge in [0.2, 0.25) is 0 Å². The van der Waals surface area contributed by atoms with E-state index in [2.05, 4.69) is 6.92 Å². The number of sulfone groups is 1. The Labute approximate surface area is 99.3 Å². The molecule has 0 aliphatic carbocycles. The quantitative estimate of drug-likeness (QED) is 0.442. The highest BCUT2D eigenvalue weighted by atomic mass is 35.5. The average molecular weight is 255 g/mol. The van der Waals surface area contributed by atoms with Gasteiger partial charge in [0.1, 0.15) is 9.84 Å². The monoisotopic (exact) mass is 254 g/mol. The van der Waals surface area contributed by atoms with Crippen LogP contribution in [0.1, 0.15) is 51.9 Å². The molecule has 0 amide bonds. The van der Waals surface area contributed by atoms with Crippen molar-refractivity contribution in [2.45, 2.75) is 51.9 Å². The van der Waals surface area contributed by atoms with Gasteiger partial charge in [0.15, 0.2) is 0 Å². The van der Waals surface area contributed by atoms with Gasteiger partial charge in [-0.1, -0.05) is 32.6 Å². The molecule has 0 saturated heterocycles. The third-order valence-electron chi connectivity index (χ3n) is 2.40. The van der Waals surface area contributed by atoms with E-state index in [1.807, 2.05) is 0 Å². The van der Waals surface area contributed by atoms with Gasteiger partial charge in [-0.2, -0.15) is 0 Å². The standard InChI is InChI=1S/C11H23ClO2S/c1-2-3-7-10-15(13,14)11-8-5-4-6-9-12/h2-11H2,1H3. The predicted molar refractivity (Wildman–Crippen MR) is 67.4 cm³/mol. The number of hydrogen-bond donors (Lipinski definition) is 0. The third-order valence-corrected chi connectivity index (χ3v) is 4.49. The molecular weight excluding hydrogens is 232 g/mol. The lowest BCUT2D eigenvalue weighted by Crippen LogP contribution is -2.11. The lowest BCUT2D eigenvalue weighted by atomic mass is 10.2. The van der Waals surface area contributed by atoms with Crippen molar-refractivity contribution in [2.24, 2.45) is 0 Å². The summed E-state index contributed by atoms with van der Waals surface area (Å²) in [7, 11) is -2.77. The molecule has 4 heteroatoms. The highest BCUT2D eigenvalue weighted by molar-refractivity contribution is 7.91. The molecule has 0 atom stereocenters. The Morgan fingerprint density at radius 2 is 1.40 bits per heavy atom. The molecule has 0 radical (unpaired) electrons. The van der Waals surface area contributed by atoms with Gasteiger partial charge in [-0.25, -0.2) is 8.42 Å². The first kappa shape index (κ1) is 15.2. The topological polar surface area (TPSA) is 34.1 Å². The molecule has 0 rings (SSSR count). The molecule has 0 unspecified atom stereocenters. The van der Waals surface area contributed by atoms with Crippen LogP contribution >= 0.6 is 11.6 Å². The lowest BCUT2D eigenvalue weighted by molar-refractivity contribution is 0.584. The molecule has 15 heavy (non-hydrogen) atoms. The number of unbranched alkanes of at least 4 members (excludes halogenated alkanes) is 5. The summed E-state index contributed by atoms with van der Waals surface area (Å²) < 4.78 is 23.0. The van der Waals surface area contributed by atoms with E-state index in [0.29, 0.717) is 17.4 Å². The molecule has 0 aromatic heterocycles. The van der Waals surface area contributed by atoms with E-state index in [0.717, 1.165) is 44.9 Å². The summed E-state index contributed by atoms with van der Waals surface area (Å²) >= 11 is 5.54. The van der Waals surface area contributed by atoms with Crippen LogP contribution in [0.4, 0.5) is 0 Å². The van der Waals surface area contributed by atoms with Crippen LogP contribution in [0.25, 0.3) is 0 Å². The molecule has 0 aliphatic heterocycles. The second kappa shape index (κ2) is 9.46. The SMILES string of the molecule is CCCCCS(=O)(=O)CCCCCCCl. The molecule has 0 heterocycles. The Balaban J connectivity index is 3.47. The average Bonchev–Trinajstić information content (AvgIpc) is 2.17. The summed E-state index contributed by atoms with van der Waals surface area (Å²) in [5.74, 6) is 1.42. The molecule has 0 N–H and O–H groups in total. The molecule has 0 aliphatic rings. The Morgan fingerprint density at radius 1 is 0.867 bits per heavy atom. The van der Waals surface area contributed by atoms with Crippen molar-refractivity contribution in [3.8, 4) is 0 Å². The van der Waals surface area contributed by atoms with Crippen molar-refractivity contribution in [3.63, 3.8) is 0 Å². The van der Waals surface area contributed by atoms with Gasteiger partial charge in [-0.3, -0.25) is 0 Å². The normalized spacial score (nSPS) is 11.9. The van der Waals surface area contributed by atoms with Crippen LogP contribution < -0.4 is 0 Å². The zero-order chi connectivity index (χ0) is 11.6. The van der Waals surface area contributed by atoms with E-state index in [1.54, 1.807) is 0 Å². The molecule has 0 bridgehead atoms. The van der Waals surface area contributed by atoms with E-state index in [4.69, 9.17) is 11.6 Å². The Kier molecular flexibility index (Phi) is 9.62. The molecule has 92 valence electrons. The first-order valence-electron chi connectivity index (χ1n) is 5.89. The number of halogens is 1. The predicted octanol–water partition coefficient (Wildman–Crippen LogP) is 3.39. The molecule has 0 spiro atoms. The first-order valence-corrected chi connectivity index (χ1v) is 8.24. The number of rotatable bonds is 10. The maximum absolute atomic E-state index is 11.5. The van der Waals surface area contributed by atoms with Crippen LogP contribution in [0.2, 0.25) is 0 Å². The zero-order valence-electron chi connectivity index (χ0n) is 9.67. The molecule has 2 nitrogen and oxygen atoms in total. The largest absolute Gasteiger partial charge is 0.229 e. The van der Waals surface area contributed by atoms with E-state index >= 15 is 0 Å². The van der Waals surface area contributed by atoms with Crippen molar-refractivity contribution in [3.05, 3.63) is 0 Å². The number of alkyl halides is 1. The molecule has 0 aromatic carbocycles. The zero-order valence-corrected chi connectivity index (χ0v) is 11.2. The third kappa shape index (κ3) is 10.5. The van der Waals surface area contributed by atoms with E-state index < -0.39 is 9.84 Å². The summed E-state index contributed by atoms with van der Waals surface area (Å²) in [6.45, 7) is 2.08. The Hall–Kier alpha value is 0.240. The van der Waals surface area contributed by atoms with Crippen LogP contribution in [0, 0.1) is 0 Å². The van der Waals surface area contributed by atoms with Gasteiger partial charge in [0.05, 0.1) is 11.5 Å². The Morgan fingerprint density at radius 3 is 1.93 bits per heavy atom. The second-order valence-electron chi connectivity index (χ2n) is 3.96. The fourth-order valence-corrected chi connectivity index (χ4v) is 3.13. The van der Waals surface area contributed by atoms with Gasteiger partial charge in [0, 0.05) is 5.88 Å². The van der Waals surface area contributed by atoms with Gasteiger partial charge in [0.25, 0.3) is 0 Å². The van der Waals surface area contributed by atoms with Crippen LogP contribution in [-0.4, -0.2) is 25.8 Å². The van der Waals surface area contributed by atoms with Gasteiger partial charge in [-0.05, 0) is 19.3 Å². The minimum Gasteiger partial charge on any atom is -0.229 e. The number of hydrogen-bond acceptors (Lipinski definition) is 2. The minimum atomic E-state index is -2.77. The first-order chi connectivity index (χ1) is 7.12. The lowest BCUT2D eigenvalue weighted by Gasteiger charge is -2.03. The molecule has 0 fully saturated rings. The fourth-order valence-electron chi connectivity index (χ4n) is 1.44. The van der Waals surface area contributed by atoms with Crippen LogP contribution in [0.5, 0.6) is 0 Å². The van der Waals surface area contributed by atoms with Crippen molar-refractivity contribution >= 4 is 21.4 Å². The smallest absolute Gasteiger partial charge is 0.150 e. The highest BCUT2D eigenvalue weighted by Gasteiger charge is 2.09. The van der Waals surface area contributed by atoms with Crippen LogP contribution in [0.3, 0.4) is 0 Å². The fraction of sp³-hybridized carbons (Fsp3) is 1.00. The summed E-state index contributed by atoms with van der Waals surface area (Å²) in [5, 5.41) is 0. The van der Waals surface area contributed by atoms with E-state index in [9.17, 15) is 8.42 Å². The van der Waals surface area contributed by atoms with Crippen molar-refractivity contribution < 1.29 is 8.42 Å². The minimum absolute atomic E-state index is 0.360. The molecular formula is C11H23ClO2S. The summed E-state index contributed by atoms with van der Waals surface area (Å²) in [6, 6.07) is 0. The van der Waals surface area contributed by atoms with E-state index in [1.165, 1.54) is 0 Å². The van der Waals surface area contributed by atoms with Gasteiger partial charge >= 0.3 is 0 Å². The van der Waals surface area contributed by atoms with Crippen LogP contribution in [0.15, 0.2) is 0 Å². The molecule has 0 aromatic rings. The maximum atomic E-state index is 11.5. The van der Waals surface area contributed by atoms with Crippen LogP contribution in [-0.2, 0) is 9.84 Å². The highest BCUT2D eigenvalue weighted by Crippen LogP contribution is 2.06. The summed E-state index contributed by atoms with van der Waals surface area (Å²) in [5.41, 5.74) is 0. The van der Waals surface area contributed by atoms with Crippen molar-refractivity contribution in [1.82, 2.24) is 0 Å². The van der Waals surface area contributed by atoms with Gasteiger partial charge < -0.3 is 0 Å². The maximum Gasteiger partial charge on any atom is 0.150 e. The van der Waals surface area contributed by atoms with E-state index in [-0.39, 0.29) is 0 Å². The summed E-state index contributed by atoms with van der Waals surface area (Å²) in [6.07, 6.45) is 6.74. The second-order valence-corrected chi connectivity index (χ2v) is 6.64. The molecule has 0 saturated carbocycles. The Bertz CT molecular complexity index is 225. The van der Waals surface area contributed by atoms with Gasteiger partial charge in [-0.15, -0.1) is 11.6 Å². The summed E-state index contributed by atoms with van der Waals surface area (Å²) in [4.78, 5) is 0. The van der Waals surface area contributed by atoms with Crippen molar-refractivity contribution in [2.75, 3.05) is 17.4 Å².